The van der Waals surface area contributed by atoms with Crippen LogP contribution in [0, 0.1) is 6.92 Å². The van der Waals surface area contributed by atoms with Crippen molar-refractivity contribution in [3.8, 4) is 0 Å². The summed E-state index contributed by atoms with van der Waals surface area (Å²) in [6, 6.07) is 23.9. The minimum absolute atomic E-state index is 0.465. The van der Waals surface area contributed by atoms with E-state index in [0.29, 0.717) is 6.04 Å². The van der Waals surface area contributed by atoms with E-state index < -0.39 is 0 Å². The number of aromatic nitrogens is 2. The topological polar surface area (TPSA) is 53.1 Å². The standard InChI is InChI=1S/C27H29N5/c1-20-17-23(12-15-29-20)31-22-10-8-21(9-11-22)19-32(24-5-4-14-28-18-24)27-13-16-30-26-7-3-2-6-25(26)27/h2-3,6-13,15-17,24,28H,4-5,14,18-19H2,1H3,(H,29,31)/t24-/m0/s1. The van der Waals surface area contributed by atoms with Crippen molar-refractivity contribution in [2.75, 3.05) is 23.3 Å². The Balaban J connectivity index is 1.41. The molecule has 3 heterocycles. The van der Waals surface area contributed by atoms with E-state index in [0.717, 1.165) is 42.2 Å². The smallest absolute Gasteiger partial charge is 0.0722 e. The van der Waals surface area contributed by atoms with Gasteiger partial charge in [-0.3, -0.25) is 9.97 Å². The average Bonchev–Trinajstić information content (AvgIpc) is 2.84. The number of nitrogens with zero attached hydrogens (tertiary/aromatic N) is 3. The van der Waals surface area contributed by atoms with Crippen LogP contribution >= 0.6 is 0 Å². The fourth-order valence-corrected chi connectivity index (χ4v) is 4.52. The number of benzene rings is 2. The normalized spacial score (nSPS) is 16.1. The van der Waals surface area contributed by atoms with Gasteiger partial charge in [-0.15, -0.1) is 0 Å². The van der Waals surface area contributed by atoms with E-state index in [1.807, 2.05) is 25.4 Å². The molecule has 1 aliphatic rings. The second-order valence-electron chi connectivity index (χ2n) is 8.48. The number of piperidine rings is 1. The van der Waals surface area contributed by atoms with Gasteiger partial charge in [0.1, 0.15) is 0 Å². The monoisotopic (exact) mass is 423 g/mol. The molecule has 1 fully saturated rings. The fourth-order valence-electron chi connectivity index (χ4n) is 4.52. The van der Waals surface area contributed by atoms with Crippen LogP contribution in [0.25, 0.3) is 10.9 Å². The van der Waals surface area contributed by atoms with Crippen LogP contribution in [0.15, 0.2) is 79.1 Å². The molecule has 0 radical (unpaired) electrons. The van der Waals surface area contributed by atoms with Gasteiger partial charge in [0.25, 0.3) is 0 Å². The van der Waals surface area contributed by atoms with E-state index in [1.54, 1.807) is 0 Å². The predicted molar refractivity (Wildman–Crippen MR) is 133 cm³/mol. The first kappa shape index (κ1) is 20.5. The molecule has 0 amide bonds. The van der Waals surface area contributed by atoms with Gasteiger partial charge in [0.05, 0.1) is 5.52 Å². The molecule has 5 heteroatoms. The van der Waals surface area contributed by atoms with E-state index in [-0.39, 0.29) is 0 Å². The summed E-state index contributed by atoms with van der Waals surface area (Å²) in [5.41, 5.74) is 6.76. The van der Waals surface area contributed by atoms with Crippen LogP contribution in [0.2, 0.25) is 0 Å². The second-order valence-corrected chi connectivity index (χ2v) is 8.48. The van der Waals surface area contributed by atoms with Crippen LogP contribution in [0.5, 0.6) is 0 Å². The molecule has 0 spiro atoms. The largest absolute Gasteiger partial charge is 0.362 e. The van der Waals surface area contributed by atoms with Crippen LogP contribution in [-0.4, -0.2) is 29.1 Å². The third kappa shape index (κ3) is 4.58. The Morgan fingerprint density at radius 2 is 1.81 bits per heavy atom. The highest BCUT2D eigenvalue weighted by molar-refractivity contribution is 5.91. The van der Waals surface area contributed by atoms with Gasteiger partial charge in [0.15, 0.2) is 0 Å². The van der Waals surface area contributed by atoms with E-state index in [9.17, 15) is 0 Å². The summed E-state index contributed by atoms with van der Waals surface area (Å²) in [6.45, 7) is 4.99. The average molecular weight is 424 g/mol. The number of fused-ring (bicyclic) bond motifs is 1. The van der Waals surface area contributed by atoms with Gasteiger partial charge in [0, 0.05) is 59.7 Å². The van der Waals surface area contributed by atoms with Crippen molar-refractivity contribution < 1.29 is 0 Å². The summed E-state index contributed by atoms with van der Waals surface area (Å²) >= 11 is 0. The van der Waals surface area contributed by atoms with Crippen molar-refractivity contribution in [3.05, 3.63) is 90.4 Å². The number of para-hydroxylation sites is 1. The molecule has 1 aliphatic heterocycles. The van der Waals surface area contributed by atoms with Gasteiger partial charge in [-0.25, -0.2) is 0 Å². The quantitative estimate of drug-likeness (QED) is 0.432. The lowest BCUT2D eigenvalue weighted by atomic mass is 10.0. The molecular weight excluding hydrogens is 394 g/mol. The van der Waals surface area contributed by atoms with Gasteiger partial charge in [-0.1, -0.05) is 30.3 Å². The van der Waals surface area contributed by atoms with Crippen LogP contribution in [0.4, 0.5) is 17.1 Å². The molecule has 0 aliphatic carbocycles. The molecule has 1 atom stereocenters. The number of nitrogens with one attached hydrogen (secondary N) is 2. The maximum Gasteiger partial charge on any atom is 0.0722 e. The maximum atomic E-state index is 4.58. The number of pyridine rings is 2. The molecule has 1 saturated heterocycles. The first-order valence-corrected chi connectivity index (χ1v) is 11.4. The summed E-state index contributed by atoms with van der Waals surface area (Å²) in [6.07, 6.45) is 6.18. The summed E-state index contributed by atoms with van der Waals surface area (Å²) in [4.78, 5) is 11.4. The van der Waals surface area contributed by atoms with Crippen molar-refractivity contribution >= 4 is 28.0 Å². The van der Waals surface area contributed by atoms with Crippen LogP contribution < -0.4 is 15.5 Å². The van der Waals surface area contributed by atoms with Crippen molar-refractivity contribution in [1.29, 1.82) is 0 Å². The first-order chi connectivity index (χ1) is 15.8. The number of rotatable bonds is 6. The maximum absolute atomic E-state index is 4.58. The van der Waals surface area contributed by atoms with E-state index in [1.165, 1.54) is 29.5 Å². The summed E-state index contributed by atoms with van der Waals surface area (Å²) in [7, 11) is 0. The zero-order valence-electron chi connectivity index (χ0n) is 18.5. The summed E-state index contributed by atoms with van der Waals surface area (Å²) in [5, 5.41) is 8.27. The summed E-state index contributed by atoms with van der Waals surface area (Å²) < 4.78 is 0. The van der Waals surface area contributed by atoms with Crippen molar-refractivity contribution in [2.24, 2.45) is 0 Å². The lowest BCUT2D eigenvalue weighted by Gasteiger charge is -2.37. The zero-order valence-corrected chi connectivity index (χ0v) is 18.5. The molecular formula is C27H29N5. The third-order valence-electron chi connectivity index (χ3n) is 6.14. The van der Waals surface area contributed by atoms with Gasteiger partial charge in [-0.2, -0.15) is 0 Å². The van der Waals surface area contributed by atoms with Crippen LogP contribution in [0.1, 0.15) is 24.1 Å². The molecule has 32 heavy (non-hydrogen) atoms. The van der Waals surface area contributed by atoms with E-state index in [4.69, 9.17) is 0 Å². The highest BCUT2D eigenvalue weighted by atomic mass is 15.2. The molecule has 2 aromatic carbocycles. The second kappa shape index (κ2) is 9.37. The molecule has 0 unspecified atom stereocenters. The Kier molecular flexibility index (Phi) is 5.99. The highest BCUT2D eigenvalue weighted by Crippen LogP contribution is 2.30. The Hall–Kier alpha value is -3.44. The Morgan fingerprint density at radius 3 is 2.62 bits per heavy atom. The van der Waals surface area contributed by atoms with Crippen LogP contribution in [-0.2, 0) is 6.54 Å². The highest BCUT2D eigenvalue weighted by Gasteiger charge is 2.23. The third-order valence-corrected chi connectivity index (χ3v) is 6.14. The minimum atomic E-state index is 0.465. The number of aryl methyl sites for hydroxylation is 1. The lowest BCUT2D eigenvalue weighted by Crippen LogP contribution is -2.46. The fraction of sp³-hybridized carbons (Fsp3) is 0.259. The molecule has 162 valence electrons. The molecule has 2 aromatic heterocycles. The molecule has 4 aromatic rings. The predicted octanol–water partition coefficient (Wildman–Crippen LogP) is 5.44. The molecule has 0 bridgehead atoms. The molecule has 5 rings (SSSR count). The van der Waals surface area contributed by atoms with Crippen LogP contribution in [0.3, 0.4) is 0 Å². The number of anilines is 3. The molecule has 2 N–H and O–H groups in total. The number of hydrogen-bond acceptors (Lipinski definition) is 5. The molecule has 0 saturated carbocycles. The minimum Gasteiger partial charge on any atom is -0.362 e. The van der Waals surface area contributed by atoms with Gasteiger partial charge < -0.3 is 15.5 Å². The van der Waals surface area contributed by atoms with E-state index >= 15 is 0 Å². The van der Waals surface area contributed by atoms with Crippen molar-refractivity contribution in [3.63, 3.8) is 0 Å². The first-order valence-electron chi connectivity index (χ1n) is 11.4. The molecule has 5 nitrogen and oxygen atoms in total. The Labute approximate surface area is 189 Å². The van der Waals surface area contributed by atoms with E-state index in [2.05, 4.69) is 86.2 Å². The SMILES string of the molecule is Cc1cc(Nc2ccc(CN(c3ccnc4ccccc34)[C@H]3CCCNC3)cc2)ccn1. The lowest BCUT2D eigenvalue weighted by molar-refractivity contribution is 0.430. The Bertz CT molecular complexity index is 1180. The van der Waals surface area contributed by atoms with Crippen molar-refractivity contribution in [2.45, 2.75) is 32.4 Å². The number of hydrogen-bond donors (Lipinski definition) is 2. The Morgan fingerprint density at radius 1 is 0.969 bits per heavy atom. The summed E-state index contributed by atoms with van der Waals surface area (Å²) in [5.74, 6) is 0. The van der Waals surface area contributed by atoms with Gasteiger partial charge in [0.2, 0.25) is 0 Å². The van der Waals surface area contributed by atoms with Gasteiger partial charge >= 0.3 is 0 Å². The zero-order chi connectivity index (χ0) is 21.8. The van der Waals surface area contributed by atoms with Gasteiger partial charge in [-0.05, 0) is 68.3 Å². The van der Waals surface area contributed by atoms with Crippen molar-refractivity contribution in [1.82, 2.24) is 15.3 Å².